The summed E-state index contributed by atoms with van der Waals surface area (Å²) in [6, 6.07) is 9.83. The fraction of sp³-hybridized carbons (Fsp3) is 0.267. The number of nitrogens with zero attached hydrogens (tertiary/aromatic N) is 1. The number of pyridine rings is 1. The highest BCUT2D eigenvalue weighted by Gasteiger charge is 2.06. The Morgan fingerprint density at radius 3 is 2.75 bits per heavy atom. The van der Waals surface area contributed by atoms with Crippen LogP contribution in [0.4, 0.5) is 0 Å². The topological polar surface area (TPSA) is 79.3 Å². The molecule has 5 heteroatoms. The van der Waals surface area contributed by atoms with Gasteiger partial charge in [-0.3, -0.25) is 14.6 Å². The van der Waals surface area contributed by atoms with E-state index in [0.717, 1.165) is 16.5 Å². The Labute approximate surface area is 116 Å². The number of hydrogen-bond donors (Lipinski definition) is 2. The summed E-state index contributed by atoms with van der Waals surface area (Å²) in [6.45, 7) is 0.480. The molecule has 20 heavy (non-hydrogen) atoms. The van der Waals surface area contributed by atoms with Crippen molar-refractivity contribution in [3.05, 3.63) is 42.1 Å². The van der Waals surface area contributed by atoms with Gasteiger partial charge in [-0.05, 0) is 18.1 Å². The molecule has 0 saturated heterocycles. The molecule has 1 heterocycles. The Bertz CT molecular complexity index is 620. The van der Waals surface area contributed by atoms with Gasteiger partial charge in [0.25, 0.3) is 0 Å². The normalized spacial score (nSPS) is 10.4. The summed E-state index contributed by atoms with van der Waals surface area (Å²) >= 11 is 0. The van der Waals surface area contributed by atoms with Gasteiger partial charge in [0.2, 0.25) is 5.91 Å². The third kappa shape index (κ3) is 3.78. The number of aliphatic carboxylic acids is 1. The summed E-state index contributed by atoms with van der Waals surface area (Å²) in [5.41, 5.74) is 2.01. The van der Waals surface area contributed by atoms with Crippen LogP contribution in [-0.4, -0.2) is 28.5 Å². The predicted octanol–water partition coefficient (Wildman–Crippen LogP) is 1.76. The second-order valence-electron chi connectivity index (χ2n) is 4.49. The number of rotatable bonds is 6. The first-order valence-corrected chi connectivity index (χ1v) is 6.48. The Hall–Kier alpha value is -2.43. The van der Waals surface area contributed by atoms with Crippen molar-refractivity contribution in [2.24, 2.45) is 0 Å². The van der Waals surface area contributed by atoms with Gasteiger partial charge in [-0.25, -0.2) is 0 Å². The number of nitrogens with one attached hydrogen (secondary N) is 1. The number of fused-ring (bicyclic) bond motifs is 1. The van der Waals surface area contributed by atoms with Crippen molar-refractivity contribution >= 4 is 22.8 Å². The molecule has 0 atom stereocenters. The van der Waals surface area contributed by atoms with Gasteiger partial charge in [-0.1, -0.05) is 24.3 Å². The maximum Gasteiger partial charge on any atom is 0.303 e. The highest BCUT2D eigenvalue weighted by molar-refractivity contribution is 5.82. The smallest absolute Gasteiger partial charge is 0.303 e. The Balaban J connectivity index is 1.90. The van der Waals surface area contributed by atoms with E-state index in [0.29, 0.717) is 13.0 Å². The number of carbonyl (C=O) groups excluding carboxylic acids is 1. The lowest BCUT2D eigenvalue weighted by molar-refractivity contribution is -0.138. The van der Waals surface area contributed by atoms with Crippen LogP contribution >= 0.6 is 0 Å². The zero-order chi connectivity index (χ0) is 14.4. The van der Waals surface area contributed by atoms with Gasteiger partial charge in [-0.2, -0.15) is 0 Å². The van der Waals surface area contributed by atoms with Gasteiger partial charge in [0.1, 0.15) is 0 Å². The average Bonchev–Trinajstić information content (AvgIpc) is 2.45. The fourth-order valence-electron chi connectivity index (χ4n) is 2.01. The van der Waals surface area contributed by atoms with E-state index < -0.39 is 5.97 Å². The van der Waals surface area contributed by atoms with Crippen molar-refractivity contribution in [3.63, 3.8) is 0 Å². The highest BCUT2D eigenvalue weighted by atomic mass is 16.4. The molecule has 0 fully saturated rings. The van der Waals surface area contributed by atoms with Crippen molar-refractivity contribution in [3.8, 4) is 0 Å². The molecule has 1 amide bonds. The summed E-state index contributed by atoms with van der Waals surface area (Å²) < 4.78 is 0. The molecule has 1 aromatic heterocycles. The van der Waals surface area contributed by atoms with Crippen molar-refractivity contribution in [1.29, 1.82) is 0 Å². The molecular weight excluding hydrogens is 256 g/mol. The van der Waals surface area contributed by atoms with Gasteiger partial charge in [0.05, 0.1) is 11.9 Å². The van der Waals surface area contributed by atoms with Gasteiger partial charge in [0.15, 0.2) is 0 Å². The Morgan fingerprint density at radius 2 is 1.95 bits per heavy atom. The minimum Gasteiger partial charge on any atom is -0.481 e. The van der Waals surface area contributed by atoms with E-state index in [1.165, 1.54) is 0 Å². The first-order chi connectivity index (χ1) is 9.66. The lowest BCUT2D eigenvalue weighted by Crippen LogP contribution is -2.26. The van der Waals surface area contributed by atoms with E-state index in [2.05, 4.69) is 10.3 Å². The number of carbonyl (C=O) groups is 2. The fourth-order valence-corrected chi connectivity index (χ4v) is 2.01. The summed E-state index contributed by atoms with van der Waals surface area (Å²) in [6.07, 6.45) is 2.30. The van der Waals surface area contributed by atoms with Crippen LogP contribution in [0.3, 0.4) is 0 Å². The number of aromatic nitrogens is 1. The molecule has 104 valence electrons. The van der Waals surface area contributed by atoms with Crippen molar-refractivity contribution in [1.82, 2.24) is 10.3 Å². The van der Waals surface area contributed by atoms with Gasteiger partial charge in [0, 0.05) is 24.5 Å². The van der Waals surface area contributed by atoms with Crippen LogP contribution < -0.4 is 5.32 Å². The van der Waals surface area contributed by atoms with Gasteiger partial charge >= 0.3 is 5.97 Å². The van der Waals surface area contributed by atoms with E-state index >= 15 is 0 Å². The average molecular weight is 272 g/mol. The van der Waals surface area contributed by atoms with Crippen molar-refractivity contribution < 1.29 is 14.7 Å². The largest absolute Gasteiger partial charge is 0.481 e. The molecule has 0 bridgehead atoms. The molecule has 0 aliphatic carbocycles. The van der Waals surface area contributed by atoms with Gasteiger partial charge in [-0.15, -0.1) is 0 Å². The molecule has 1 aromatic carbocycles. The molecule has 2 aromatic rings. The van der Waals surface area contributed by atoms with E-state index in [-0.39, 0.29) is 18.7 Å². The maximum atomic E-state index is 11.4. The Kier molecular flexibility index (Phi) is 4.65. The summed E-state index contributed by atoms with van der Waals surface area (Å²) in [4.78, 5) is 26.1. The third-order valence-electron chi connectivity index (χ3n) is 3.00. The van der Waals surface area contributed by atoms with Crippen LogP contribution in [0.25, 0.3) is 10.9 Å². The molecule has 2 N–H and O–H groups in total. The van der Waals surface area contributed by atoms with Crippen LogP contribution in [0.5, 0.6) is 0 Å². The quantitative estimate of drug-likeness (QED) is 0.839. The van der Waals surface area contributed by atoms with Crippen LogP contribution in [0.15, 0.2) is 36.5 Å². The van der Waals surface area contributed by atoms with Crippen LogP contribution in [0.1, 0.15) is 18.4 Å². The van der Waals surface area contributed by atoms with Crippen molar-refractivity contribution in [2.75, 3.05) is 6.54 Å². The minimum absolute atomic E-state index is 0.0170. The summed E-state index contributed by atoms with van der Waals surface area (Å²) in [5.74, 6) is -1.20. The lowest BCUT2D eigenvalue weighted by Gasteiger charge is -2.07. The van der Waals surface area contributed by atoms with Crippen LogP contribution in [0, 0.1) is 0 Å². The second kappa shape index (κ2) is 6.65. The number of para-hydroxylation sites is 1. The van der Waals surface area contributed by atoms with E-state index in [4.69, 9.17) is 5.11 Å². The lowest BCUT2D eigenvalue weighted by atomic mass is 10.1. The predicted molar refractivity (Wildman–Crippen MR) is 75.3 cm³/mol. The Morgan fingerprint density at radius 1 is 1.15 bits per heavy atom. The molecule has 0 unspecified atom stereocenters. The minimum atomic E-state index is -0.960. The molecule has 0 aliphatic rings. The highest BCUT2D eigenvalue weighted by Crippen LogP contribution is 2.15. The number of amides is 1. The second-order valence-corrected chi connectivity index (χ2v) is 4.49. The molecule has 0 aliphatic heterocycles. The first-order valence-electron chi connectivity index (χ1n) is 6.48. The molecule has 0 saturated carbocycles. The zero-order valence-corrected chi connectivity index (χ0v) is 11.0. The molecule has 0 radical (unpaired) electrons. The van der Waals surface area contributed by atoms with Gasteiger partial charge < -0.3 is 10.4 Å². The number of hydrogen-bond acceptors (Lipinski definition) is 3. The first kappa shape index (κ1) is 14.0. The molecular formula is C15H16N2O3. The maximum absolute atomic E-state index is 11.4. The molecule has 2 rings (SSSR count). The zero-order valence-electron chi connectivity index (χ0n) is 11.0. The van der Waals surface area contributed by atoms with Crippen LogP contribution in [-0.2, 0) is 16.0 Å². The number of carboxylic acids is 1. The van der Waals surface area contributed by atoms with Crippen LogP contribution in [0.2, 0.25) is 0 Å². The molecule has 0 spiro atoms. The standard InChI is InChI=1S/C15H16N2O3/c18-13(6-7-14(19)20)16-10-8-12-4-1-3-11-5-2-9-17-15(11)12/h1-5,9H,6-8,10H2,(H,16,18)(H,19,20). The SMILES string of the molecule is O=C(O)CCC(=O)NCCc1cccc2cccnc12. The summed E-state index contributed by atoms with van der Waals surface area (Å²) in [7, 11) is 0. The van der Waals surface area contributed by atoms with Crippen molar-refractivity contribution in [2.45, 2.75) is 19.3 Å². The summed E-state index contributed by atoms with van der Waals surface area (Å²) in [5, 5.41) is 12.3. The van der Waals surface area contributed by atoms with E-state index in [1.807, 2.05) is 30.3 Å². The molecule has 5 nitrogen and oxygen atoms in total. The number of benzene rings is 1. The monoisotopic (exact) mass is 272 g/mol. The van der Waals surface area contributed by atoms with E-state index in [9.17, 15) is 9.59 Å². The number of carboxylic acid groups (broad SMARTS) is 1. The third-order valence-corrected chi connectivity index (χ3v) is 3.00. The van der Waals surface area contributed by atoms with E-state index in [1.54, 1.807) is 6.20 Å².